The molecule has 1 atom stereocenters. The molecule has 1 aromatic rings. The third kappa shape index (κ3) is 2.58. The molecule has 5 heteroatoms. The number of imide groups is 1. The first-order valence-electron chi connectivity index (χ1n) is 6.27. The third-order valence-corrected chi connectivity index (χ3v) is 3.15. The van der Waals surface area contributed by atoms with E-state index in [2.05, 4.69) is 11.4 Å². The molecule has 0 radical (unpaired) electrons. The summed E-state index contributed by atoms with van der Waals surface area (Å²) in [5.41, 5.74) is 1.17. The lowest BCUT2D eigenvalue weighted by Crippen LogP contribution is -2.31. The number of carbonyl (C=O) groups excluding carboxylic acids is 2. The molecule has 1 fully saturated rings. The maximum Gasteiger partial charge on any atom is 0.325 e. The van der Waals surface area contributed by atoms with Crippen molar-refractivity contribution in [3.8, 4) is 6.07 Å². The molecule has 1 saturated heterocycles. The number of benzene rings is 1. The number of urea groups is 1. The predicted octanol–water partition coefficient (Wildman–Crippen LogP) is 1.78. The number of nitriles is 1. The highest BCUT2D eigenvalue weighted by Crippen LogP contribution is 2.17. The minimum absolute atomic E-state index is 0.147. The number of nitrogens with one attached hydrogen (secondary N) is 1. The van der Waals surface area contributed by atoms with E-state index in [1.807, 2.05) is 6.92 Å². The lowest BCUT2D eigenvalue weighted by molar-refractivity contribution is -0.128. The average Bonchev–Trinajstić information content (AvgIpc) is 2.68. The van der Waals surface area contributed by atoms with Crippen LogP contribution in [0.25, 0.3) is 0 Å². The van der Waals surface area contributed by atoms with E-state index in [0.29, 0.717) is 17.5 Å². The monoisotopic (exact) mass is 257 g/mol. The van der Waals surface area contributed by atoms with Gasteiger partial charge >= 0.3 is 6.03 Å². The molecule has 0 spiro atoms. The molecule has 0 unspecified atom stereocenters. The van der Waals surface area contributed by atoms with E-state index in [-0.39, 0.29) is 18.5 Å². The van der Waals surface area contributed by atoms with Gasteiger partial charge in [0.05, 0.1) is 18.2 Å². The van der Waals surface area contributed by atoms with Crippen LogP contribution in [-0.4, -0.2) is 22.9 Å². The van der Waals surface area contributed by atoms with Gasteiger partial charge in [0.1, 0.15) is 6.04 Å². The molecule has 0 aliphatic carbocycles. The maximum atomic E-state index is 12.1. The normalized spacial score (nSPS) is 18.3. The van der Waals surface area contributed by atoms with E-state index < -0.39 is 6.04 Å². The summed E-state index contributed by atoms with van der Waals surface area (Å²) >= 11 is 0. The molecule has 1 aromatic carbocycles. The second-order valence-electron chi connectivity index (χ2n) is 4.48. The van der Waals surface area contributed by atoms with Gasteiger partial charge in [0, 0.05) is 0 Å². The summed E-state index contributed by atoms with van der Waals surface area (Å²) in [5, 5.41) is 11.7. The van der Waals surface area contributed by atoms with Gasteiger partial charge in [0.25, 0.3) is 5.91 Å². The highest BCUT2D eigenvalue weighted by molar-refractivity contribution is 6.04. The summed E-state index contributed by atoms with van der Waals surface area (Å²) < 4.78 is 0. The summed E-state index contributed by atoms with van der Waals surface area (Å²) in [7, 11) is 0. The molecule has 3 amide bonds. The van der Waals surface area contributed by atoms with Crippen molar-refractivity contribution >= 4 is 11.9 Å². The number of nitrogens with zero attached hydrogens (tertiary/aromatic N) is 2. The Bertz CT molecular complexity index is 548. The highest BCUT2D eigenvalue weighted by atomic mass is 16.2. The first-order chi connectivity index (χ1) is 9.17. The Morgan fingerprint density at radius 2 is 2.11 bits per heavy atom. The quantitative estimate of drug-likeness (QED) is 0.835. The fourth-order valence-electron chi connectivity index (χ4n) is 2.15. The Labute approximate surface area is 111 Å². The van der Waals surface area contributed by atoms with E-state index >= 15 is 0 Å². The number of hydrogen-bond acceptors (Lipinski definition) is 3. The second kappa shape index (κ2) is 5.53. The van der Waals surface area contributed by atoms with Crippen molar-refractivity contribution in [3.63, 3.8) is 0 Å². The smallest absolute Gasteiger partial charge is 0.325 e. The van der Waals surface area contributed by atoms with Crippen LogP contribution in [0.1, 0.15) is 30.9 Å². The molecule has 5 nitrogen and oxygen atoms in total. The Morgan fingerprint density at radius 1 is 1.37 bits per heavy atom. The van der Waals surface area contributed by atoms with Crippen LogP contribution < -0.4 is 5.32 Å². The zero-order valence-corrected chi connectivity index (χ0v) is 10.7. The summed E-state index contributed by atoms with van der Waals surface area (Å²) in [6.45, 7) is 2.11. The van der Waals surface area contributed by atoms with Gasteiger partial charge in [-0.1, -0.05) is 31.5 Å². The van der Waals surface area contributed by atoms with Crippen LogP contribution in [-0.2, 0) is 11.3 Å². The van der Waals surface area contributed by atoms with Gasteiger partial charge in [-0.05, 0) is 18.1 Å². The SMILES string of the molecule is CCC[C@H]1NC(=O)N(Cc2ccccc2C#N)C1=O. The standard InChI is InChI=1S/C14H15N3O2/c1-2-5-12-13(18)17(14(19)16-12)9-11-7-4-3-6-10(11)8-15/h3-4,6-7,12H,2,5,9H2,1H3,(H,16,19)/t12-/m1/s1. The van der Waals surface area contributed by atoms with Crippen LogP contribution >= 0.6 is 0 Å². The molecular formula is C14H15N3O2. The van der Waals surface area contributed by atoms with Crippen LogP contribution in [0.2, 0.25) is 0 Å². The van der Waals surface area contributed by atoms with Gasteiger partial charge in [0.2, 0.25) is 0 Å². The second-order valence-corrected chi connectivity index (χ2v) is 4.48. The molecule has 1 heterocycles. The van der Waals surface area contributed by atoms with Crippen molar-refractivity contribution in [3.05, 3.63) is 35.4 Å². The van der Waals surface area contributed by atoms with Crippen molar-refractivity contribution in [2.45, 2.75) is 32.4 Å². The molecule has 1 aliphatic heterocycles. The van der Waals surface area contributed by atoms with Crippen LogP contribution in [0.4, 0.5) is 4.79 Å². The van der Waals surface area contributed by atoms with Gasteiger partial charge in [-0.25, -0.2) is 4.79 Å². The fourth-order valence-corrected chi connectivity index (χ4v) is 2.15. The molecule has 1 aliphatic rings. The number of hydrogen-bond donors (Lipinski definition) is 1. The maximum absolute atomic E-state index is 12.1. The Kier molecular flexibility index (Phi) is 3.81. The first-order valence-corrected chi connectivity index (χ1v) is 6.27. The highest BCUT2D eigenvalue weighted by Gasteiger charge is 2.37. The summed E-state index contributed by atoms with van der Waals surface area (Å²) in [6, 6.07) is 8.24. The van der Waals surface area contributed by atoms with Crippen LogP contribution in [0.5, 0.6) is 0 Å². The van der Waals surface area contributed by atoms with Crippen LogP contribution in [0.3, 0.4) is 0 Å². The van der Waals surface area contributed by atoms with Crippen molar-refractivity contribution in [1.82, 2.24) is 10.2 Å². The molecule has 0 bridgehead atoms. The Morgan fingerprint density at radius 3 is 2.79 bits per heavy atom. The minimum atomic E-state index is -0.424. The van der Waals surface area contributed by atoms with E-state index in [4.69, 9.17) is 5.26 Å². The van der Waals surface area contributed by atoms with Gasteiger partial charge in [-0.2, -0.15) is 5.26 Å². The molecular weight excluding hydrogens is 242 g/mol. The molecule has 1 N–H and O–H groups in total. The van der Waals surface area contributed by atoms with Crippen molar-refractivity contribution in [1.29, 1.82) is 5.26 Å². The topological polar surface area (TPSA) is 73.2 Å². The molecule has 0 aromatic heterocycles. The van der Waals surface area contributed by atoms with Crippen LogP contribution in [0.15, 0.2) is 24.3 Å². The van der Waals surface area contributed by atoms with E-state index in [1.165, 1.54) is 4.90 Å². The largest absolute Gasteiger partial charge is 0.326 e. The first kappa shape index (κ1) is 13.1. The number of rotatable bonds is 4. The van der Waals surface area contributed by atoms with Crippen LogP contribution in [0, 0.1) is 11.3 Å². The third-order valence-electron chi connectivity index (χ3n) is 3.15. The Hall–Kier alpha value is -2.35. The van der Waals surface area contributed by atoms with Crippen molar-refractivity contribution in [2.24, 2.45) is 0 Å². The predicted molar refractivity (Wildman–Crippen MR) is 68.9 cm³/mol. The van der Waals surface area contributed by atoms with E-state index in [0.717, 1.165) is 6.42 Å². The van der Waals surface area contributed by atoms with Gasteiger partial charge in [-0.3, -0.25) is 9.69 Å². The summed E-state index contributed by atoms with van der Waals surface area (Å²) in [6.07, 6.45) is 1.47. The zero-order chi connectivity index (χ0) is 13.8. The lowest BCUT2D eigenvalue weighted by Gasteiger charge is -2.13. The molecule has 98 valence electrons. The molecule has 2 rings (SSSR count). The number of carbonyl (C=O) groups is 2. The van der Waals surface area contributed by atoms with E-state index in [1.54, 1.807) is 24.3 Å². The van der Waals surface area contributed by atoms with Crippen molar-refractivity contribution in [2.75, 3.05) is 0 Å². The average molecular weight is 257 g/mol. The summed E-state index contributed by atoms with van der Waals surface area (Å²) in [5.74, 6) is -0.209. The minimum Gasteiger partial charge on any atom is -0.326 e. The van der Waals surface area contributed by atoms with Crippen molar-refractivity contribution < 1.29 is 9.59 Å². The zero-order valence-electron chi connectivity index (χ0n) is 10.7. The molecule has 0 saturated carbocycles. The lowest BCUT2D eigenvalue weighted by atomic mass is 10.1. The Balaban J connectivity index is 2.17. The van der Waals surface area contributed by atoms with Gasteiger partial charge in [-0.15, -0.1) is 0 Å². The summed E-state index contributed by atoms with van der Waals surface area (Å²) in [4.78, 5) is 25.0. The number of amides is 3. The van der Waals surface area contributed by atoms with Gasteiger partial charge < -0.3 is 5.32 Å². The molecule has 19 heavy (non-hydrogen) atoms. The van der Waals surface area contributed by atoms with E-state index in [9.17, 15) is 9.59 Å². The fraction of sp³-hybridized carbons (Fsp3) is 0.357. The van der Waals surface area contributed by atoms with Gasteiger partial charge in [0.15, 0.2) is 0 Å².